The Bertz CT molecular complexity index is 1130. The molecule has 4 aromatic rings. The molecule has 0 aliphatic heterocycles. The summed E-state index contributed by atoms with van der Waals surface area (Å²) in [5.74, 6) is 0. The number of aromatic nitrogens is 2. The number of ether oxygens (including phenoxy) is 1. The molecule has 4 rings (SSSR count). The average molecular weight is 427 g/mol. The van der Waals surface area contributed by atoms with Crippen molar-refractivity contribution in [3.8, 4) is 16.3 Å². The summed E-state index contributed by atoms with van der Waals surface area (Å²) in [6.07, 6.45) is 1.96. The predicted octanol–water partition coefficient (Wildman–Crippen LogP) is 3.13. The number of halogens is 1. The van der Waals surface area contributed by atoms with E-state index in [2.05, 4.69) is 72.1 Å². The molecule has 0 fully saturated rings. The number of para-hydroxylation sites is 1. The molecule has 29 heavy (non-hydrogen) atoms. The van der Waals surface area contributed by atoms with Crippen molar-refractivity contribution in [3.05, 3.63) is 60.8 Å². The minimum Gasteiger partial charge on any atom is -1.00 e. The molecule has 0 unspecified atom stereocenters. The highest BCUT2D eigenvalue weighted by Crippen LogP contribution is 2.41. The molecule has 2 heterocycles. The van der Waals surface area contributed by atoms with Gasteiger partial charge in [-0.15, -0.1) is 0 Å². The number of aryl methyl sites for hydroxylation is 2. The second kappa shape index (κ2) is 9.20. The topological polar surface area (TPSA) is 42.8 Å². The van der Waals surface area contributed by atoms with E-state index >= 15 is 0 Å². The van der Waals surface area contributed by atoms with E-state index in [-0.39, 0.29) is 12.4 Å². The molecule has 0 aliphatic rings. The van der Waals surface area contributed by atoms with Crippen molar-refractivity contribution in [2.75, 3.05) is 7.11 Å². The van der Waals surface area contributed by atoms with Gasteiger partial charge in [0.2, 0.25) is 5.06 Å². The number of benzene rings is 2. The summed E-state index contributed by atoms with van der Waals surface area (Å²) in [7, 11) is 1.68. The molecule has 0 atom stereocenters. The van der Waals surface area contributed by atoms with Crippen LogP contribution in [0.1, 0.15) is 13.8 Å². The van der Waals surface area contributed by atoms with E-state index in [1.54, 1.807) is 7.11 Å². The predicted molar refractivity (Wildman–Crippen MR) is 114 cm³/mol. The molecule has 5 nitrogen and oxygen atoms in total. The highest BCUT2D eigenvalue weighted by Gasteiger charge is 2.21. The monoisotopic (exact) mass is 426 g/mol. The Hall–Kier alpha value is -2.70. The van der Waals surface area contributed by atoms with Crippen LogP contribution >= 0.6 is 11.3 Å². The van der Waals surface area contributed by atoms with E-state index in [0.717, 1.165) is 45.6 Å². The van der Waals surface area contributed by atoms with Gasteiger partial charge in [-0.3, -0.25) is 0 Å². The summed E-state index contributed by atoms with van der Waals surface area (Å²) in [5.41, 5.74) is 4.31. The quantitative estimate of drug-likeness (QED) is 0.345. The molecule has 0 saturated heterocycles. The van der Waals surface area contributed by atoms with Gasteiger partial charge >= 0.3 is 5.13 Å². The normalized spacial score (nSPS) is 11.1. The van der Waals surface area contributed by atoms with Gasteiger partial charge in [0.1, 0.15) is 11.9 Å². The Kier molecular flexibility index (Phi) is 6.67. The Morgan fingerprint density at radius 3 is 2.41 bits per heavy atom. The van der Waals surface area contributed by atoms with E-state index in [1.165, 1.54) is 16.9 Å². The van der Waals surface area contributed by atoms with Crippen molar-refractivity contribution in [3.63, 3.8) is 0 Å². The zero-order chi connectivity index (χ0) is 19.5. The molecule has 0 saturated carbocycles. The van der Waals surface area contributed by atoms with Gasteiger partial charge in [-0.25, -0.2) is 4.57 Å². The first-order valence-electron chi connectivity index (χ1n) is 9.42. The number of thiazole rings is 1. The van der Waals surface area contributed by atoms with E-state index in [1.807, 2.05) is 16.8 Å². The summed E-state index contributed by atoms with van der Waals surface area (Å²) in [5, 5.41) is 12.1. The van der Waals surface area contributed by atoms with Crippen LogP contribution in [-0.2, 0) is 13.1 Å². The molecule has 150 valence electrons. The standard InChI is InChI=1S/C22H23N4OS.ClH/c1-4-25-15-19(27-3)28-22(25)24-23-20-17-13-9-10-14-18(17)26(5-2)21(20)16-11-7-6-8-12-16;/h6-15H,4-5H2,1-3H3;1H/q+1;/p-1. The van der Waals surface area contributed by atoms with Crippen LogP contribution in [0.2, 0.25) is 0 Å². The smallest absolute Gasteiger partial charge is 0.411 e. The van der Waals surface area contributed by atoms with Gasteiger partial charge in [0, 0.05) is 17.5 Å². The van der Waals surface area contributed by atoms with Crippen LogP contribution in [0.4, 0.5) is 10.8 Å². The number of rotatable bonds is 6. The Labute approximate surface area is 180 Å². The van der Waals surface area contributed by atoms with Crippen LogP contribution in [0.5, 0.6) is 5.06 Å². The van der Waals surface area contributed by atoms with Crippen molar-refractivity contribution in [2.45, 2.75) is 26.9 Å². The molecule has 0 aliphatic carbocycles. The molecule has 0 amide bonds. The van der Waals surface area contributed by atoms with Crippen LogP contribution < -0.4 is 21.7 Å². The van der Waals surface area contributed by atoms with E-state index < -0.39 is 0 Å². The molecule has 0 radical (unpaired) electrons. The second-order valence-corrected chi connectivity index (χ2v) is 7.32. The third-order valence-electron chi connectivity index (χ3n) is 4.78. The third-order valence-corrected chi connectivity index (χ3v) is 5.76. The third kappa shape index (κ3) is 3.91. The van der Waals surface area contributed by atoms with E-state index in [0.29, 0.717) is 0 Å². The number of fused-ring (bicyclic) bond motifs is 1. The fraction of sp³-hybridized carbons (Fsp3) is 0.227. The maximum Gasteiger partial charge on any atom is 0.411 e. The van der Waals surface area contributed by atoms with Crippen molar-refractivity contribution >= 4 is 33.1 Å². The first-order chi connectivity index (χ1) is 13.8. The minimum atomic E-state index is 0. The van der Waals surface area contributed by atoms with Crippen LogP contribution in [0.25, 0.3) is 22.2 Å². The van der Waals surface area contributed by atoms with Gasteiger partial charge in [-0.05, 0) is 36.4 Å². The zero-order valence-electron chi connectivity index (χ0n) is 16.7. The maximum atomic E-state index is 5.37. The molecular weight excluding hydrogens is 404 g/mol. The SMILES string of the molecule is CCn1c(-c2ccccc2)c(N=Nc2sc(OC)c[n+]2CC)c2ccccc21.[Cl-]. The number of hydrogen-bond donors (Lipinski definition) is 0. The fourth-order valence-electron chi connectivity index (χ4n) is 3.45. The summed E-state index contributed by atoms with van der Waals surface area (Å²) in [4.78, 5) is 0. The largest absolute Gasteiger partial charge is 1.00 e. The summed E-state index contributed by atoms with van der Waals surface area (Å²) in [6.45, 7) is 5.93. The first-order valence-corrected chi connectivity index (χ1v) is 10.2. The second-order valence-electron chi connectivity index (χ2n) is 6.35. The lowest BCUT2D eigenvalue weighted by Crippen LogP contribution is -3.00. The van der Waals surface area contributed by atoms with Gasteiger partial charge in [0.05, 0.1) is 30.0 Å². The lowest BCUT2D eigenvalue weighted by Gasteiger charge is -2.08. The number of nitrogens with zero attached hydrogens (tertiary/aromatic N) is 4. The molecule has 2 aromatic carbocycles. The molecule has 0 spiro atoms. The molecular formula is C22H23ClN4OS. The van der Waals surface area contributed by atoms with Crippen LogP contribution in [-0.4, -0.2) is 11.7 Å². The van der Waals surface area contributed by atoms with Crippen LogP contribution in [0, 0.1) is 0 Å². The lowest BCUT2D eigenvalue weighted by atomic mass is 10.1. The lowest BCUT2D eigenvalue weighted by molar-refractivity contribution is -0.677. The Morgan fingerprint density at radius 2 is 1.72 bits per heavy atom. The summed E-state index contributed by atoms with van der Waals surface area (Å²) < 4.78 is 9.72. The molecule has 2 aromatic heterocycles. The summed E-state index contributed by atoms with van der Waals surface area (Å²) >= 11 is 1.50. The van der Waals surface area contributed by atoms with Gasteiger partial charge < -0.3 is 21.7 Å². The Balaban J connectivity index is 0.00000240. The van der Waals surface area contributed by atoms with Crippen LogP contribution in [0.15, 0.2) is 71.0 Å². The van der Waals surface area contributed by atoms with Crippen molar-refractivity contribution < 1.29 is 21.7 Å². The van der Waals surface area contributed by atoms with E-state index in [9.17, 15) is 0 Å². The minimum absolute atomic E-state index is 0. The number of hydrogen-bond acceptors (Lipinski definition) is 4. The maximum absolute atomic E-state index is 5.37. The zero-order valence-corrected chi connectivity index (χ0v) is 18.2. The van der Waals surface area contributed by atoms with E-state index in [4.69, 9.17) is 9.85 Å². The van der Waals surface area contributed by atoms with Gasteiger partial charge in [-0.2, -0.15) is 0 Å². The fourth-order valence-corrected chi connectivity index (χ4v) is 4.28. The first kappa shape index (κ1) is 21.0. The highest BCUT2D eigenvalue weighted by atomic mass is 35.5. The number of methoxy groups -OCH3 is 1. The van der Waals surface area contributed by atoms with Crippen molar-refractivity contribution in [1.29, 1.82) is 0 Å². The molecule has 7 heteroatoms. The molecule has 0 bridgehead atoms. The van der Waals surface area contributed by atoms with Crippen LogP contribution in [0.3, 0.4) is 0 Å². The summed E-state index contributed by atoms with van der Waals surface area (Å²) in [6, 6.07) is 18.8. The number of azo groups is 1. The van der Waals surface area contributed by atoms with Crippen molar-refractivity contribution in [2.24, 2.45) is 10.2 Å². The molecule has 0 N–H and O–H groups in total. The van der Waals surface area contributed by atoms with Gasteiger partial charge in [0.25, 0.3) is 0 Å². The average Bonchev–Trinajstić information content (AvgIpc) is 3.30. The van der Waals surface area contributed by atoms with Crippen molar-refractivity contribution in [1.82, 2.24) is 4.57 Å². The van der Waals surface area contributed by atoms with Gasteiger partial charge in [0.15, 0.2) is 0 Å². The highest BCUT2D eigenvalue weighted by molar-refractivity contribution is 7.16. The van der Waals surface area contributed by atoms with Gasteiger partial charge in [-0.1, -0.05) is 48.5 Å². The Morgan fingerprint density at radius 1 is 1.00 bits per heavy atom.